The Morgan fingerprint density at radius 2 is 2.29 bits per heavy atom. The second-order valence-electron chi connectivity index (χ2n) is 2.83. The van der Waals surface area contributed by atoms with E-state index in [-0.39, 0.29) is 18.1 Å². The van der Waals surface area contributed by atoms with Crippen molar-refractivity contribution in [2.45, 2.75) is 6.92 Å². The zero-order valence-electron chi connectivity index (χ0n) is 7.47. The molecule has 0 aliphatic carbocycles. The van der Waals surface area contributed by atoms with Crippen molar-refractivity contribution in [3.05, 3.63) is 35.8 Å². The molecule has 0 unspecified atom stereocenters. The molecule has 2 aromatic rings. The van der Waals surface area contributed by atoms with Gasteiger partial charge in [-0.05, 0) is 18.6 Å². The Hall–Kier alpha value is -1.55. The van der Waals surface area contributed by atoms with Gasteiger partial charge in [-0.2, -0.15) is 0 Å². The predicted octanol–water partition coefficient (Wildman–Crippen LogP) is 1.76. The number of imidazole rings is 1. The lowest BCUT2D eigenvalue weighted by molar-refractivity contribution is 0.0689. The third kappa shape index (κ3) is 1.44. The fraction of sp³-hybridized carbons (Fsp3) is 0.111. The number of nitrogens with zero attached hydrogens (tertiary/aromatic N) is 2. The highest BCUT2D eigenvalue weighted by Crippen LogP contribution is 2.10. The number of aromatic carboxylic acids is 1. The standard InChI is InChI=1S/C9H8N2O2.ClH/c1-6-3-2-4-11-7(9(12)13)5-10-8(6)11;/h2-5H,1H3,(H,12,13);1H. The summed E-state index contributed by atoms with van der Waals surface area (Å²) in [5.74, 6) is -0.960. The molecule has 0 saturated carbocycles. The van der Waals surface area contributed by atoms with E-state index < -0.39 is 5.97 Å². The summed E-state index contributed by atoms with van der Waals surface area (Å²) in [5.41, 5.74) is 1.86. The van der Waals surface area contributed by atoms with E-state index >= 15 is 0 Å². The van der Waals surface area contributed by atoms with Crippen LogP contribution in [0.1, 0.15) is 16.1 Å². The number of pyridine rings is 1. The van der Waals surface area contributed by atoms with E-state index in [2.05, 4.69) is 4.98 Å². The van der Waals surface area contributed by atoms with Gasteiger partial charge in [-0.25, -0.2) is 9.78 Å². The first kappa shape index (κ1) is 10.5. The zero-order chi connectivity index (χ0) is 9.42. The molecule has 0 aromatic carbocycles. The molecule has 0 bridgehead atoms. The number of rotatable bonds is 1. The molecule has 0 aliphatic heterocycles. The summed E-state index contributed by atoms with van der Waals surface area (Å²) in [6.07, 6.45) is 3.06. The van der Waals surface area contributed by atoms with Crippen LogP contribution in [-0.2, 0) is 0 Å². The monoisotopic (exact) mass is 212 g/mol. The van der Waals surface area contributed by atoms with Crippen molar-refractivity contribution in [3.63, 3.8) is 0 Å². The smallest absolute Gasteiger partial charge is 0.354 e. The molecular formula is C9H9ClN2O2. The molecule has 0 fully saturated rings. The maximum Gasteiger partial charge on any atom is 0.354 e. The molecule has 0 radical (unpaired) electrons. The quantitative estimate of drug-likeness (QED) is 0.784. The van der Waals surface area contributed by atoms with Crippen molar-refractivity contribution in [1.82, 2.24) is 9.38 Å². The number of hydrogen-bond donors (Lipinski definition) is 1. The van der Waals surface area contributed by atoms with E-state index in [0.29, 0.717) is 5.65 Å². The summed E-state index contributed by atoms with van der Waals surface area (Å²) in [7, 11) is 0. The summed E-state index contributed by atoms with van der Waals surface area (Å²) in [6, 6.07) is 3.70. The van der Waals surface area contributed by atoms with Crippen LogP contribution in [0.3, 0.4) is 0 Å². The Labute approximate surface area is 86.6 Å². The van der Waals surface area contributed by atoms with E-state index in [4.69, 9.17) is 5.11 Å². The van der Waals surface area contributed by atoms with Gasteiger partial charge < -0.3 is 5.11 Å². The van der Waals surface area contributed by atoms with Crippen LogP contribution in [0.4, 0.5) is 0 Å². The van der Waals surface area contributed by atoms with E-state index in [9.17, 15) is 4.79 Å². The molecule has 0 atom stereocenters. The Kier molecular flexibility index (Phi) is 2.76. The minimum absolute atomic E-state index is 0. The Morgan fingerprint density at radius 1 is 1.57 bits per heavy atom. The van der Waals surface area contributed by atoms with Gasteiger partial charge in [0.25, 0.3) is 0 Å². The first-order valence-electron chi connectivity index (χ1n) is 3.86. The molecule has 2 aromatic heterocycles. The summed E-state index contributed by atoms with van der Waals surface area (Å²) < 4.78 is 1.57. The van der Waals surface area contributed by atoms with Crippen LogP contribution in [0.25, 0.3) is 5.65 Å². The third-order valence-corrected chi connectivity index (χ3v) is 1.95. The van der Waals surface area contributed by atoms with Gasteiger partial charge in [0.1, 0.15) is 5.65 Å². The lowest BCUT2D eigenvalue weighted by Crippen LogP contribution is -2.01. The van der Waals surface area contributed by atoms with E-state index in [1.807, 2.05) is 13.0 Å². The molecule has 0 spiro atoms. The average molecular weight is 213 g/mol. The largest absolute Gasteiger partial charge is 0.477 e. The van der Waals surface area contributed by atoms with Crippen LogP contribution in [0.15, 0.2) is 24.5 Å². The normalized spacial score (nSPS) is 9.79. The number of hydrogen-bond acceptors (Lipinski definition) is 2. The SMILES string of the molecule is Cc1cccn2c(C(=O)O)cnc12.Cl. The molecule has 0 amide bonds. The van der Waals surface area contributed by atoms with Crippen molar-refractivity contribution in [3.8, 4) is 0 Å². The Bertz CT molecular complexity index is 479. The average Bonchev–Trinajstić information content (AvgIpc) is 2.48. The molecule has 5 heteroatoms. The van der Waals surface area contributed by atoms with Crippen molar-refractivity contribution >= 4 is 24.0 Å². The third-order valence-electron chi connectivity index (χ3n) is 1.95. The number of carboxylic acid groups (broad SMARTS) is 1. The first-order valence-corrected chi connectivity index (χ1v) is 3.86. The van der Waals surface area contributed by atoms with Gasteiger partial charge in [-0.3, -0.25) is 4.40 Å². The van der Waals surface area contributed by atoms with Crippen LogP contribution in [0.5, 0.6) is 0 Å². The molecule has 2 rings (SSSR count). The van der Waals surface area contributed by atoms with E-state index in [0.717, 1.165) is 5.56 Å². The van der Waals surface area contributed by atoms with Crippen LogP contribution < -0.4 is 0 Å². The van der Waals surface area contributed by atoms with Gasteiger partial charge in [0.2, 0.25) is 0 Å². The van der Waals surface area contributed by atoms with Crippen molar-refractivity contribution in [2.24, 2.45) is 0 Å². The highest BCUT2D eigenvalue weighted by molar-refractivity contribution is 5.86. The Balaban J connectivity index is 0.000000980. The fourth-order valence-electron chi connectivity index (χ4n) is 1.31. The summed E-state index contributed by atoms with van der Waals surface area (Å²) in [6.45, 7) is 1.90. The minimum Gasteiger partial charge on any atom is -0.477 e. The van der Waals surface area contributed by atoms with Gasteiger partial charge in [-0.1, -0.05) is 6.07 Å². The molecule has 74 valence electrons. The highest BCUT2D eigenvalue weighted by atomic mass is 35.5. The number of fused-ring (bicyclic) bond motifs is 1. The van der Waals surface area contributed by atoms with Gasteiger partial charge >= 0.3 is 5.97 Å². The van der Waals surface area contributed by atoms with Gasteiger partial charge in [-0.15, -0.1) is 12.4 Å². The van der Waals surface area contributed by atoms with Crippen molar-refractivity contribution < 1.29 is 9.90 Å². The number of halogens is 1. The maximum absolute atomic E-state index is 10.7. The fourth-order valence-corrected chi connectivity index (χ4v) is 1.31. The lowest BCUT2D eigenvalue weighted by atomic mass is 10.3. The van der Waals surface area contributed by atoms with Gasteiger partial charge in [0, 0.05) is 6.20 Å². The topological polar surface area (TPSA) is 54.6 Å². The van der Waals surface area contributed by atoms with E-state index in [1.165, 1.54) is 6.20 Å². The molecule has 0 aliphatic rings. The summed E-state index contributed by atoms with van der Waals surface area (Å²) in [4.78, 5) is 14.7. The van der Waals surface area contributed by atoms with Crippen LogP contribution >= 0.6 is 12.4 Å². The van der Waals surface area contributed by atoms with Crippen LogP contribution in [0, 0.1) is 6.92 Å². The molecule has 14 heavy (non-hydrogen) atoms. The molecule has 2 heterocycles. The predicted molar refractivity (Wildman–Crippen MR) is 54.1 cm³/mol. The number of aryl methyl sites for hydroxylation is 1. The lowest BCUT2D eigenvalue weighted by Gasteiger charge is -1.97. The molecule has 0 saturated heterocycles. The van der Waals surface area contributed by atoms with Crippen LogP contribution in [-0.4, -0.2) is 20.5 Å². The summed E-state index contributed by atoms with van der Waals surface area (Å²) in [5, 5.41) is 8.80. The second-order valence-corrected chi connectivity index (χ2v) is 2.83. The minimum atomic E-state index is -0.960. The van der Waals surface area contributed by atoms with Crippen molar-refractivity contribution in [2.75, 3.05) is 0 Å². The summed E-state index contributed by atoms with van der Waals surface area (Å²) >= 11 is 0. The highest BCUT2D eigenvalue weighted by Gasteiger charge is 2.10. The number of carboxylic acids is 1. The molecule has 1 N–H and O–H groups in total. The second kappa shape index (κ2) is 3.67. The maximum atomic E-state index is 10.7. The van der Waals surface area contributed by atoms with Gasteiger partial charge in [0.15, 0.2) is 5.69 Å². The zero-order valence-corrected chi connectivity index (χ0v) is 8.28. The van der Waals surface area contributed by atoms with Gasteiger partial charge in [0.05, 0.1) is 6.20 Å². The molecule has 4 nitrogen and oxygen atoms in total. The van der Waals surface area contributed by atoms with Crippen LogP contribution in [0.2, 0.25) is 0 Å². The number of carbonyl (C=O) groups is 1. The Morgan fingerprint density at radius 3 is 2.93 bits per heavy atom. The van der Waals surface area contributed by atoms with Crippen molar-refractivity contribution in [1.29, 1.82) is 0 Å². The number of aromatic nitrogens is 2. The first-order chi connectivity index (χ1) is 6.20. The molecular weight excluding hydrogens is 204 g/mol. The van der Waals surface area contributed by atoms with E-state index in [1.54, 1.807) is 16.7 Å².